The molecule has 0 aliphatic heterocycles. The topological polar surface area (TPSA) is 9.23 Å². The van der Waals surface area contributed by atoms with E-state index in [0.717, 1.165) is 28.6 Å². The van der Waals surface area contributed by atoms with Crippen LogP contribution < -0.4 is 4.74 Å². The Morgan fingerprint density at radius 3 is 2.42 bits per heavy atom. The van der Waals surface area contributed by atoms with Gasteiger partial charge in [0.15, 0.2) is 0 Å². The molecule has 12 heavy (non-hydrogen) atoms. The van der Waals surface area contributed by atoms with E-state index in [0.29, 0.717) is 0 Å². The lowest BCUT2D eigenvalue weighted by atomic mass is 10.3. The minimum absolute atomic E-state index is 0.771. The number of ether oxygens (including phenoxy) is 1. The Kier molecular flexibility index (Phi) is 4.69. The van der Waals surface area contributed by atoms with Gasteiger partial charge in [0.1, 0.15) is 5.75 Å². The van der Waals surface area contributed by atoms with E-state index in [9.17, 15) is 0 Å². The Bertz CT molecular complexity index is 220. The van der Waals surface area contributed by atoms with Crippen LogP contribution in [-0.4, -0.2) is 11.9 Å². The van der Waals surface area contributed by atoms with E-state index in [1.54, 1.807) is 0 Å². The summed E-state index contributed by atoms with van der Waals surface area (Å²) < 4.78 is 6.53. The first-order valence-electron chi connectivity index (χ1n) is 3.77. The lowest BCUT2D eigenvalue weighted by Crippen LogP contribution is -1.96. The van der Waals surface area contributed by atoms with E-state index >= 15 is 0 Å². The second-order valence-electron chi connectivity index (χ2n) is 2.34. The molecule has 0 aliphatic carbocycles. The minimum Gasteiger partial charge on any atom is -0.494 e. The molecular formula is C9H10Br2O. The molecule has 0 unspecified atom stereocenters. The highest BCUT2D eigenvalue weighted by molar-refractivity contribution is 9.10. The third kappa shape index (κ3) is 3.59. The fourth-order valence-electron chi connectivity index (χ4n) is 0.775. The molecule has 0 radical (unpaired) electrons. The minimum atomic E-state index is 0.771. The highest BCUT2D eigenvalue weighted by Gasteiger charge is 1.91. The number of benzene rings is 1. The summed E-state index contributed by atoms with van der Waals surface area (Å²) in [5.74, 6) is 0.930. The van der Waals surface area contributed by atoms with E-state index in [1.807, 2.05) is 24.3 Å². The van der Waals surface area contributed by atoms with Crippen molar-refractivity contribution in [1.29, 1.82) is 0 Å². The molecule has 1 nitrogen and oxygen atoms in total. The van der Waals surface area contributed by atoms with Crippen molar-refractivity contribution in [2.45, 2.75) is 6.42 Å². The molecule has 1 aromatic carbocycles. The molecule has 0 saturated carbocycles. The molecular weight excluding hydrogens is 284 g/mol. The molecule has 0 heterocycles. The Morgan fingerprint density at radius 1 is 1.17 bits per heavy atom. The average Bonchev–Trinajstić information content (AvgIpc) is 2.09. The molecule has 1 aromatic rings. The smallest absolute Gasteiger partial charge is 0.119 e. The summed E-state index contributed by atoms with van der Waals surface area (Å²) in [5.41, 5.74) is 0. The molecule has 0 bridgehead atoms. The lowest BCUT2D eigenvalue weighted by molar-refractivity contribution is 0.319. The first kappa shape index (κ1) is 10.1. The van der Waals surface area contributed by atoms with E-state index in [-0.39, 0.29) is 0 Å². The van der Waals surface area contributed by atoms with E-state index in [2.05, 4.69) is 31.9 Å². The summed E-state index contributed by atoms with van der Waals surface area (Å²) in [6, 6.07) is 7.86. The van der Waals surface area contributed by atoms with Crippen molar-refractivity contribution >= 4 is 31.9 Å². The third-order valence-corrected chi connectivity index (χ3v) is 2.45. The van der Waals surface area contributed by atoms with Gasteiger partial charge in [-0.25, -0.2) is 0 Å². The van der Waals surface area contributed by atoms with Gasteiger partial charge in [-0.15, -0.1) is 0 Å². The number of rotatable bonds is 4. The normalized spacial score (nSPS) is 9.83. The molecule has 3 heteroatoms. The predicted molar refractivity (Wildman–Crippen MR) is 58.0 cm³/mol. The fraction of sp³-hybridized carbons (Fsp3) is 0.333. The van der Waals surface area contributed by atoms with Gasteiger partial charge in [0.25, 0.3) is 0 Å². The quantitative estimate of drug-likeness (QED) is 0.609. The van der Waals surface area contributed by atoms with E-state index in [4.69, 9.17) is 4.74 Å². The van der Waals surface area contributed by atoms with Crippen molar-refractivity contribution in [1.82, 2.24) is 0 Å². The van der Waals surface area contributed by atoms with Gasteiger partial charge in [-0.05, 0) is 30.7 Å². The summed E-state index contributed by atoms with van der Waals surface area (Å²) in [7, 11) is 0. The van der Waals surface area contributed by atoms with Gasteiger partial charge in [0.05, 0.1) is 6.61 Å². The van der Waals surface area contributed by atoms with Gasteiger partial charge in [-0.2, -0.15) is 0 Å². The van der Waals surface area contributed by atoms with Crippen LogP contribution in [0.1, 0.15) is 6.42 Å². The standard InChI is InChI=1S/C9H10Br2O/c10-6-1-7-12-9-4-2-8(11)3-5-9/h2-5H,1,6-7H2. The second-order valence-corrected chi connectivity index (χ2v) is 4.05. The number of alkyl halides is 1. The van der Waals surface area contributed by atoms with Crippen molar-refractivity contribution in [3.05, 3.63) is 28.7 Å². The first-order chi connectivity index (χ1) is 5.83. The summed E-state index contributed by atoms with van der Waals surface area (Å²) >= 11 is 6.71. The fourth-order valence-corrected chi connectivity index (χ4v) is 1.27. The third-order valence-electron chi connectivity index (χ3n) is 1.36. The Hall–Kier alpha value is -0.0200. The van der Waals surface area contributed by atoms with Crippen molar-refractivity contribution < 1.29 is 4.74 Å². The van der Waals surface area contributed by atoms with Crippen LogP contribution in [0, 0.1) is 0 Å². The van der Waals surface area contributed by atoms with Crippen LogP contribution in [-0.2, 0) is 0 Å². The highest BCUT2D eigenvalue weighted by Crippen LogP contribution is 2.16. The van der Waals surface area contributed by atoms with Crippen LogP contribution in [0.3, 0.4) is 0 Å². The van der Waals surface area contributed by atoms with Crippen LogP contribution >= 0.6 is 31.9 Å². The number of halogens is 2. The maximum absolute atomic E-state index is 5.45. The zero-order valence-electron chi connectivity index (χ0n) is 6.59. The molecule has 0 fully saturated rings. The zero-order valence-corrected chi connectivity index (χ0v) is 9.77. The van der Waals surface area contributed by atoms with E-state index in [1.165, 1.54) is 0 Å². The summed E-state index contributed by atoms with van der Waals surface area (Å²) in [6.07, 6.45) is 1.04. The molecule has 0 spiro atoms. The average molecular weight is 294 g/mol. The van der Waals surface area contributed by atoms with Crippen molar-refractivity contribution in [3.63, 3.8) is 0 Å². The Labute approximate surface area is 89.4 Å². The summed E-state index contributed by atoms with van der Waals surface area (Å²) in [4.78, 5) is 0. The summed E-state index contributed by atoms with van der Waals surface area (Å²) in [5, 5.41) is 0.990. The Balaban J connectivity index is 2.37. The molecule has 1 rings (SSSR count). The van der Waals surface area contributed by atoms with Gasteiger partial charge < -0.3 is 4.74 Å². The van der Waals surface area contributed by atoms with Crippen LogP contribution in [0.15, 0.2) is 28.7 Å². The van der Waals surface area contributed by atoms with Gasteiger partial charge in [-0.1, -0.05) is 31.9 Å². The van der Waals surface area contributed by atoms with Crippen molar-refractivity contribution in [2.24, 2.45) is 0 Å². The zero-order chi connectivity index (χ0) is 8.81. The lowest BCUT2D eigenvalue weighted by Gasteiger charge is -2.03. The van der Waals surface area contributed by atoms with Crippen LogP contribution in [0.2, 0.25) is 0 Å². The van der Waals surface area contributed by atoms with Gasteiger partial charge in [0, 0.05) is 9.80 Å². The van der Waals surface area contributed by atoms with Crippen molar-refractivity contribution in [2.75, 3.05) is 11.9 Å². The number of hydrogen-bond acceptors (Lipinski definition) is 1. The summed E-state index contributed by atoms with van der Waals surface area (Å²) in [6.45, 7) is 0.771. The molecule has 66 valence electrons. The molecule has 0 aromatic heterocycles. The SMILES string of the molecule is BrCCCOc1ccc(Br)cc1. The van der Waals surface area contributed by atoms with Gasteiger partial charge in [-0.3, -0.25) is 0 Å². The molecule has 0 atom stereocenters. The van der Waals surface area contributed by atoms with Crippen LogP contribution in [0.25, 0.3) is 0 Å². The maximum Gasteiger partial charge on any atom is 0.119 e. The highest BCUT2D eigenvalue weighted by atomic mass is 79.9. The van der Waals surface area contributed by atoms with Crippen LogP contribution in [0.4, 0.5) is 0 Å². The number of hydrogen-bond donors (Lipinski definition) is 0. The Morgan fingerprint density at radius 2 is 1.83 bits per heavy atom. The first-order valence-corrected chi connectivity index (χ1v) is 5.68. The molecule has 0 amide bonds. The molecule has 0 N–H and O–H groups in total. The van der Waals surface area contributed by atoms with Gasteiger partial charge >= 0.3 is 0 Å². The van der Waals surface area contributed by atoms with Gasteiger partial charge in [0.2, 0.25) is 0 Å². The molecule has 0 saturated heterocycles. The van der Waals surface area contributed by atoms with Crippen molar-refractivity contribution in [3.8, 4) is 5.75 Å². The second kappa shape index (κ2) is 5.60. The largest absolute Gasteiger partial charge is 0.494 e. The molecule has 0 aliphatic rings. The monoisotopic (exact) mass is 292 g/mol. The maximum atomic E-state index is 5.45. The predicted octanol–water partition coefficient (Wildman–Crippen LogP) is 3.61. The van der Waals surface area contributed by atoms with E-state index < -0.39 is 0 Å². The van der Waals surface area contributed by atoms with Crippen LogP contribution in [0.5, 0.6) is 5.75 Å².